The molecule has 14 heavy (non-hydrogen) atoms. The normalized spacial score (nSPS) is 12.7. The molecule has 1 unspecified atom stereocenters. The Labute approximate surface area is 90.3 Å². The summed E-state index contributed by atoms with van der Waals surface area (Å²) in [6.07, 6.45) is 3.93. The highest BCUT2D eigenvalue weighted by atomic mass is 32.2. The first-order valence-electron chi connectivity index (χ1n) is 5.06. The Morgan fingerprint density at radius 3 is 3.00 bits per heavy atom. The standard InChI is InChI=1S/C11H18N2S/c1-2-7-14-9-10(12)8-11-5-3-4-6-13-11/h3-6,10H,2,7-9,12H2,1H3. The van der Waals surface area contributed by atoms with Crippen molar-refractivity contribution in [2.45, 2.75) is 25.8 Å². The van der Waals surface area contributed by atoms with Crippen molar-refractivity contribution >= 4 is 11.8 Å². The third-order valence-corrected chi connectivity index (χ3v) is 3.24. The van der Waals surface area contributed by atoms with Crippen LogP contribution in [0.15, 0.2) is 24.4 Å². The molecule has 78 valence electrons. The second kappa shape index (κ2) is 6.85. The fourth-order valence-electron chi connectivity index (χ4n) is 1.23. The van der Waals surface area contributed by atoms with E-state index >= 15 is 0 Å². The second-order valence-corrected chi connectivity index (χ2v) is 4.51. The van der Waals surface area contributed by atoms with Crippen LogP contribution in [-0.4, -0.2) is 22.5 Å². The zero-order chi connectivity index (χ0) is 10.2. The molecule has 1 atom stereocenters. The average Bonchev–Trinajstić information content (AvgIpc) is 2.20. The van der Waals surface area contributed by atoms with Gasteiger partial charge in [-0.25, -0.2) is 0 Å². The van der Waals surface area contributed by atoms with Gasteiger partial charge in [0.25, 0.3) is 0 Å². The summed E-state index contributed by atoms with van der Waals surface area (Å²) in [5.41, 5.74) is 7.08. The maximum atomic E-state index is 5.99. The summed E-state index contributed by atoms with van der Waals surface area (Å²) in [4.78, 5) is 4.26. The molecular formula is C11H18N2S. The van der Waals surface area contributed by atoms with Crippen molar-refractivity contribution in [1.82, 2.24) is 4.98 Å². The van der Waals surface area contributed by atoms with Crippen LogP contribution in [0.4, 0.5) is 0 Å². The summed E-state index contributed by atoms with van der Waals surface area (Å²) >= 11 is 1.93. The summed E-state index contributed by atoms with van der Waals surface area (Å²) < 4.78 is 0. The Bertz CT molecular complexity index is 238. The average molecular weight is 210 g/mol. The fourth-order valence-corrected chi connectivity index (χ4v) is 2.10. The first-order chi connectivity index (χ1) is 6.83. The molecule has 1 aromatic rings. The second-order valence-electron chi connectivity index (χ2n) is 3.36. The Balaban J connectivity index is 2.23. The summed E-state index contributed by atoms with van der Waals surface area (Å²) in [6.45, 7) is 2.19. The molecule has 0 saturated carbocycles. The van der Waals surface area contributed by atoms with E-state index in [1.807, 2.05) is 36.2 Å². The van der Waals surface area contributed by atoms with E-state index in [9.17, 15) is 0 Å². The smallest absolute Gasteiger partial charge is 0.0419 e. The molecule has 0 bridgehead atoms. The highest BCUT2D eigenvalue weighted by Crippen LogP contribution is 2.06. The van der Waals surface area contributed by atoms with Crippen LogP contribution >= 0.6 is 11.8 Å². The zero-order valence-electron chi connectivity index (χ0n) is 8.65. The van der Waals surface area contributed by atoms with Crippen LogP contribution < -0.4 is 5.73 Å². The van der Waals surface area contributed by atoms with Crippen molar-refractivity contribution < 1.29 is 0 Å². The molecule has 0 amide bonds. The minimum Gasteiger partial charge on any atom is -0.327 e. The van der Waals surface area contributed by atoms with Gasteiger partial charge < -0.3 is 5.73 Å². The minimum absolute atomic E-state index is 0.237. The third-order valence-electron chi connectivity index (χ3n) is 1.88. The van der Waals surface area contributed by atoms with Gasteiger partial charge in [-0.3, -0.25) is 4.98 Å². The predicted molar refractivity (Wildman–Crippen MR) is 63.5 cm³/mol. The van der Waals surface area contributed by atoms with E-state index < -0.39 is 0 Å². The van der Waals surface area contributed by atoms with Crippen molar-refractivity contribution in [3.05, 3.63) is 30.1 Å². The molecule has 1 heterocycles. The Morgan fingerprint density at radius 1 is 1.50 bits per heavy atom. The molecule has 2 N–H and O–H groups in total. The zero-order valence-corrected chi connectivity index (χ0v) is 9.46. The fraction of sp³-hybridized carbons (Fsp3) is 0.545. The number of pyridine rings is 1. The van der Waals surface area contributed by atoms with Crippen LogP contribution in [0.1, 0.15) is 19.0 Å². The third kappa shape index (κ3) is 4.63. The number of thioether (sulfide) groups is 1. The van der Waals surface area contributed by atoms with Crippen LogP contribution in [0.2, 0.25) is 0 Å². The highest BCUT2D eigenvalue weighted by Gasteiger charge is 2.04. The quantitative estimate of drug-likeness (QED) is 0.731. The Morgan fingerprint density at radius 2 is 2.36 bits per heavy atom. The number of hydrogen-bond donors (Lipinski definition) is 1. The van der Waals surface area contributed by atoms with Crippen LogP contribution in [0.25, 0.3) is 0 Å². The van der Waals surface area contributed by atoms with Gasteiger partial charge in [0.15, 0.2) is 0 Å². The molecular weight excluding hydrogens is 192 g/mol. The molecule has 0 aliphatic carbocycles. The van der Waals surface area contributed by atoms with E-state index in [2.05, 4.69) is 11.9 Å². The first kappa shape index (κ1) is 11.5. The first-order valence-corrected chi connectivity index (χ1v) is 6.21. The lowest BCUT2D eigenvalue weighted by molar-refractivity contribution is 0.732. The van der Waals surface area contributed by atoms with E-state index in [-0.39, 0.29) is 6.04 Å². The number of nitrogens with zero attached hydrogens (tertiary/aromatic N) is 1. The summed E-state index contributed by atoms with van der Waals surface area (Å²) in [5.74, 6) is 2.24. The molecule has 1 aromatic heterocycles. The van der Waals surface area contributed by atoms with Gasteiger partial charge in [-0.2, -0.15) is 11.8 Å². The lowest BCUT2D eigenvalue weighted by Crippen LogP contribution is -2.26. The van der Waals surface area contributed by atoms with Gasteiger partial charge >= 0.3 is 0 Å². The highest BCUT2D eigenvalue weighted by molar-refractivity contribution is 7.99. The molecule has 0 aliphatic rings. The molecule has 0 radical (unpaired) electrons. The van der Waals surface area contributed by atoms with Gasteiger partial charge in [0.2, 0.25) is 0 Å². The Hall–Kier alpha value is -0.540. The van der Waals surface area contributed by atoms with E-state index in [1.54, 1.807) is 0 Å². The molecule has 0 aliphatic heterocycles. The summed E-state index contributed by atoms with van der Waals surface area (Å²) in [5, 5.41) is 0. The maximum Gasteiger partial charge on any atom is 0.0419 e. The van der Waals surface area contributed by atoms with Crippen molar-refractivity contribution in [3.63, 3.8) is 0 Å². The van der Waals surface area contributed by atoms with Crippen LogP contribution in [0.3, 0.4) is 0 Å². The van der Waals surface area contributed by atoms with Gasteiger partial charge in [-0.15, -0.1) is 0 Å². The van der Waals surface area contributed by atoms with Crippen molar-refractivity contribution in [1.29, 1.82) is 0 Å². The summed E-state index contributed by atoms with van der Waals surface area (Å²) in [6, 6.07) is 6.21. The largest absolute Gasteiger partial charge is 0.327 e. The van der Waals surface area contributed by atoms with Crippen LogP contribution in [-0.2, 0) is 6.42 Å². The molecule has 0 fully saturated rings. The number of hydrogen-bond acceptors (Lipinski definition) is 3. The Kier molecular flexibility index (Phi) is 5.64. The van der Waals surface area contributed by atoms with E-state index in [1.165, 1.54) is 12.2 Å². The monoisotopic (exact) mass is 210 g/mol. The minimum atomic E-state index is 0.237. The van der Waals surface area contributed by atoms with Crippen LogP contribution in [0.5, 0.6) is 0 Å². The summed E-state index contributed by atoms with van der Waals surface area (Å²) in [7, 11) is 0. The van der Waals surface area contributed by atoms with Gasteiger partial charge in [-0.05, 0) is 24.3 Å². The van der Waals surface area contributed by atoms with Crippen molar-refractivity contribution in [2.24, 2.45) is 5.73 Å². The van der Waals surface area contributed by atoms with Crippen molar-refractivity contribution in [3.8, 4) is 0 Å². The van der Waals surface area contributed by atoms with Gasteiger partial charge in [0.05, 0.1) is 0 Å². The lowest BCUT2D eigenvalue weighted by atomic mass is 10.2. The van der Waals surface area contributed by atoms with Crippen LogP contribution in [0, 0.1) is 0 Å². The molecule has 1 rings (SSSR count). The number of nitrogens with two attached hydrogens (primary N) is 1. The van der Waals surface area contributed by atoms with E-state index in [0.29, 0.717) is 0 Å². The predicted octanol–water partition coefficient (Wildman–Crippen LogP) is 2.09. The molecule has 0 spiro atoms. The lowest BCUT2D eigenvalue weighted by Gasteiger charge is -2.09. The van der Waals surface area contributed by atoms with Gasteiger partial charge in [0.1, 0.15) is 0 Å². The molecule has 3 heteroatoms. The number of aromatic nitrogens is 1. The molecule has 2 nitrogen and oxygen atoms in total. The molecule has 0 aromatic carbocycles. The van der Waals surface area contributed by atoms with E-state index in [0.717, 1.165) is 17.9 Å². The molecule has 0 saturated heterocycles. The topological polar surface area (TPSA) is 38.9 Å². The van der Waals surface area contributed by atoms with Gasteiger partial charge in [0, 0.05) is 30.1 Å². The number of rotatable bonds is 6. The van der Waals surface area contributed by atoms with Gasteiger partial charge in [-0.1, -0.05) is 13.0 Å². The van der Waals surface area contributed by atoms with Crippen molar-refractivity contribution in [2.75, 3.05) is 11.5 Å². The SMILES string of the molecule is CCCSCC(N)Cc1ccccn1. The maximum absolute atomic E-state index is 5.99. The van der Waals surface area contributed by atoms with E-state index in [4.69, 9.17) is 5.73 Å².